The van der Waals surface area contributed by atoms with Gasteiger partial charge in [-0.25, -0.2) is 8.42 Å². The highest BCUT2D eigenvalue weighted by Gasteiger charge is 2.45. The summed E-state index contributed by atoms with van der Waals surface area (Å²) >= 11 is 0. The zero-order valence-electron chi connectivity index (χ0n) is 20.6. The van der Waals surface area contributed by atoms with E-state index in [1.54, 1.807) is 18.3 Å². The van der Waals surface area contributed by atoms with Gasteiger partial charge in [-0.1, -0.05) is 6.42 Å². The summed E-state index contributed by atoms with van der Waals surface area (Å²) in [7, 11) is -1.49. The van der Waals surface area contributed by atoms with E-state index in [1.165, 1.54) is 0 Å². The van der Waals surface area contributed by atoms with Gasteiger partial charge in [-0.3, -0.25) is 5.10 Å². The van der Waals surface area contributed by atoms with E-state index in [1.807, 2.05) is 13.0 Å². The van der Waals surface area contributed by atoms with E-state index in [0.717, 1.165) is 36.9 Å². The summed E-state index contributed by atoms with van der Waals surface area (Å²) in [4.78, 5) is 9.47. The van der Waals surface area contributed by atoms with E-state index >= 15 is 0 Å². The van der Waals surface area contributed by atoms with E-state index in [-0.39, 0.29) is 29.9 Å². The molecule has 3 fully saturated rings. The van der Waals surface area contributed by atoms with Crippen molar-refractivity contribution in [1.82, 2.24) is 24.5 Å². The number of nitrogens with one attached hydrogen (secondary N) is 3. The molecule has 0 spiro atoms. The van der Waals surface area contributed by atoms with Gasteiger partial charge < -0.3 is 20.1 Å². The molecule has 192 valence electrons. The van der Waals surface area contributed by atoms with Crippen molar-refractivity contribution < 1.29 is 17.9 Å². The van der Waals surface area contributed by atoms with Gasteiger partial charge in [0.25, 0.3) is 0 Å². The highest BCUT2D eigenvalue weighted by atomic mass is 32.2. The van der Waals surface area contributed by atoms with Crippen LogP contribution in [0.25, 0.3) is 0 Å². The number of hydrogen-bond donors (Lipinski definition) is 3. The molecule has 1 unspecified atom stereocenters. The van der Waals surface area contributed by atoms with Crippen LogP contribution in [0.3, 0.4) is 0 Å². The third-order valence-corrected chi connectivity index (χ3v) is 9.22. The quantitative estimate of drug-likeness (QED) is 0.495. The fourth-order valence-electron chi connectivity index (χ4n) is 5.66. The third-order valence-electron chi connectivity index (χ3n) is 7.25. The van der Waals surface area contributed by atoms with Crippen LogP contribution in [-0.2, 0) is 14.8 Å². The van der Waals surface area contributed by atoms with Gasteiger partial charge in [0.15, 0.2) is 5.82 Å². The van der Waals surface area contributed by atoms with Gasteiger partial charge in [0.05, 0.1) is 24.5 Å². The van der Waals surface area contributed by atoms with Crippen LogP contribution < -0.4 is 15.4 Å². The lowest BCUT2D eigenvalue weighted by atomic mass is 9.77. The minimum absolute atomic E-state index is 0.0235. The van der Waals surface area contributed by atoms with Gasteiger partial charge >= 0.3 is 0 Å². The standard InChI is InChI=1S/C23H35N7O4S/c1-4-35(31,32)30-16-6-5-7-17(30)12-15(11-16)20-21(25-19-10-14(2)28-29-19)26-23(24-3)27-22(20)34-18-8-9-33-13-18/h10,15-18H,4-9,11-13H2,1-3H3,(H3,24,25,26,27,28,29)/t15?,16-,17+,18-/m0/s1. The molecule has 4 atom stereocenters. The molecule has 0 saturated carbocycles. The lowest BCUT2D eigenvalue weighted by Crippen LogP contribution is -2.54. The molecule has 3 N–H and O–H groups in total. The van der Waals surface area contributed by atoms with Gasteiger partial charge in [0.1, 0.15) is 11.9 Å². The van der Waals surface area contributed by atoms with Crippen LogP contribution in [0.5, 0.6) is 5.88 Å². The number of hydrogen-bond acceptors (Lipinski definition) is 9. The maximum atomic E-state index is 12.9. The predicted molar refractivity (Wildman–Crippen MR) is 133 cm³/mol. The number of sulfonamides is 1. The topological polar surface area (TPSA) is 134 Å². The molecule has 11 nitrogen and oxygen atoms in total. The summed E-state index contributed by atoms with van der Waals surface area (Å²) in [5.41, 5.74) is 1.83. The molecule has 0 aliphatic carbocycles. The second-order valence-corrected chi connectivity index (χ2v) is 11.8. The Labute approximate surface area is 206 Å². The fraction of sp³-hybridized carbons (Fsp3) is 0.696. The Morgan fingerprint density at radius 3 is 2.60 bits per heavy atom. The van der Waals surface area contributed by atoms with Crippen molar-refractivity contribution in [2.24, 2.45) is 0 Å². The van der Waals surface area contributed by atoms with Crippen LogP contribution in [0.1, 0.15) is 62.6 Å². The molecule has 12 heteroatoms. The number of fused-ring (bicyclic) bond motifs is 2. The molecule has 0 amide bonds. The Bertz CT molecular complexity index is 1130. The maximum absolute atomic E-state index is 12.9. The van der Waals surface area contributed by atoms with Crippen molar-refractivity contribution in [2.45, 2.75) is 76.5 Å². The largest absolute Gasteiger partial charge is 0.471 e. The second-order valence-electron chi connectivity index (χ2n) is 9.67. The summed E-state index contributed by atoms with van der Waals surface area (Å²) in [6.07, 6.45) is 4.94. The van der Waals surface area contributed by atoms with Gasteiger partial charge in [-0.15, -0.1) is 0 Å². The van der Waals surface area contributed by atoms with Crippen molar-refractivity contribution in [3.63, 3.8) is 0 Å². The highest BCUT2D eigenvalue weighted by molar-refractivity contribution is 7.89. The Morgan fingerprint density at radius 2 is 2.00 bits per heavy atom. The molecule has 5 rings (SSSR count). The molecule has 2 aromatic heterocycles. The lowest BCUT2D eigenvalue weighted by Gasteiger charge is -2.48. The van der Waals surface area contributed by atoms with E-state index < -0.39 is 10.0 Å². The molecule has 35 heavy (non-hydrogen) atoms. The van der Waals surface area contributed by atoms with Crippen LogP contribution in [0.15, 0.2) is 6.07 Å². The zero-order valence-corrected chi connectivity index (χ0v) is 21.4. The van der Waals surface area contributed by atoms with E-state index in [9.17, 15) is 8.42 Å². The summed E-state index contributed by atoms with van der Waals surface area (Å²) in [5.74, 6) is 2.46. The van der Waals surface area contributed by atoms with Gasteiger partial charge in [-0.05, 0) is 45.4 Å². The average molecular weight is 506 g/mol. The Hall–Kier alpha value is -2.44. The molecule has 3 aliphatic rings. The van der Waals surface area contributed by atoms with Crippen molar-refractivity contribution >= 4 is 27.6 Å². The highest BCUT2D eigenvalue weighted by Crippen LogP contribution is 2.47. The van der Waals surface area contributed by atoms with Crippen molar-refractivity contribution in [1.29, 1.82) is 0 Å². The minimum atomic E-state index is -3.27. The van der Waals surface area contributed by atoms with E-state index in [2.05, 4.69) is 20.8 Å². The first-order valence-corrected chi connectivity index (χ1v) is 14.1. The SMILES string of the molecule is CCS(=O)(=O)N1[C@@H]2CCC[C@H]1CC(c1c(Nc3cc(C)[nH]n3)nc(NC)nc1O[C@H]1CCOC1)C2. The fourth-order valence-corrected chi connectivity index (χ4v) is 7.25. The lowest BCUT2D eigenvalue weighted by molar-refractivity contribution is 0.106. The molecular weight excluding hydrogens is 470 g/mol. The van der Waals surface area contributed by atoms with Crippen LogP contribution in [0, 0.1) is 6.92 Å². The summed E-state index contributed by atoms with van der Waals surface area (Å²) < 4.78 is 39.6. The van der Waals surface area contributed by atoms with Crippen molar-refractivity contribution in [3.05, 3.63) is 17.3 Å². The molecule has 3 saturated heterocycles. The Morgan fingerprint density at radius 1 is 1.23 bits per heavy atom. The Balaban J connectivity index is 1.55. The first-order chi connectivity index (χ1) is 16.9. The smallest absolute Gasteiger partial charge is 0.227 e. The molecule has 2 bridgehead atoms. The third kappa shape index (κ3) is 4.96. The number of aromatic nitrogens is 4. The normalized spacial score (nSPS) is 27.1. The maximum Gasteiger partial charge on any atom is 0.227 e. The molecule has 2 aromatic rings. The van der Waals surface area contributed by atoms with Gasteiger partial charge in [0, 0.05) is 37.3 Å². The van der Waals surface area contributed by atoms with Gasteiger partial charge in [0.2, 0.25) is 21.9 Å². The molecular formula is C23H35N7O4S. The molecule has 0 aromatic carbocycles. The summed E-state index contributed by atoms with van der Waals surface area (Å²) in [5, 5.41) is 13.7. The number of piperidine rings is 2. The van der Waals surface area contributed by atoms with Gasteiger partial charge in [-0.2, -0.15) is 19.4 Å². The summed E-state index contributed by atoms with van der Waals surface area (Å²) in [6, 6.07) is 1.87. The predicted octanol–water partition coefficient (Wildman–Crippen LogP) is 2.91. The average Bonchev–Trinajstić information content (AvgIpc) is 3.49. The van der Waals surface area contributed by atoms with Crippen molar-refractivity contribution in [3.8, 4) is 5.88 Å². The van der Waals surface area contributed by atoms with Crippen LogP contribution in [0.2, 0.25) is 0 Å². The Kier molecular flexibility index (Phi) is 6.86. The number of H-pyrrole nitrogens is 1. The number of anilines is 3. The van der Waals surface area contributed by atoms with E-state index in [4.69, 9.17) is 19.4 Å². The molecule has 5 heterocycles. The van der Waals surface area contributed by atoms with E-state index in [0.29, 0.717) is 49.5 Å². The van der Waals surface area contributed by atoms with Crippen LogP contribution in [-0.4, -0.2) is 77.1 Å². The number of rotatable bonds is 8. The van der Waals surface area contributed by atoms with Crippen molar-refractivity contribution in [2.75, 3.05) is 36.6 Å². The number of nitrogens with zero attached hydrogens (tertiary/aromatic N) is 4. The number of aryl methyl sites for hydroxylation is 1. The second kappa shape index (κ2) is 9.90. The minimum Gasteiger partial charge on any atom is -0.471 e. The van der Waals surface area contributed by atoms with Crippen LogP contribution in [0.4, 0.5) is 17.6 Å². The first kappa shape index (κ1) is 24.3. The monoisotopic (exact) mass is 505 g/mol. The first-order valence-electron chi connectivity index (χ1n) is 12.5. The molecule has 0 radical (unpaired) electrons. The summed E-state index contributed by atoms with van der Waals surface area (Å²) in [6.45, 7) is 4.86. The molecule has 3 aliphatic heterocycles. The van der Waals surface area contributed by atoms with Crippen LogP contribution >= 0.6 is 0 Å². The number of aromatic amines is 1. The zero-order chi connectivity index (χ0) is 24.6. The number of ether oxygens (including phenoxy) is 2.